The van der Waals surface area contributed by atoms with Crippen LogP contribution in [0.25, 0.3) is 10.7 Å². The van der Waals surface area contributed by atoms with Gasteiger partial charge in [0.2, 0.25) is 27.6 Å². The number of aromatic nitrogens is 2. The summed E-state index contributed by atoms with van der Waals surface area (Å²) in [4.78, 5) is 18.6. The number of thiophene rings is 1. The van der Waals surface area contributed by atoms with Gasteiger partial charge in [-0.05, 0) is 38.0 Å². The molecule has 2 aromatic heterocycles. The Morgan fingerprint density at radius 1 is 1.18 bits per heavy atom. The summed E-state index contributed by atoms with van der Waals surface area (Å²) in [5.74, 6) is 1.41. The van der Waals surface area contributed by atoms with Crippen LogP contribution in [0.2, 0.25) is 0 Å². The molecule has 0 atom stereocenters. The number of carbonyl (C=O) groups is 1. The average molecular weight is 507 g/mol. The van der Waals surface area contributed by atoms with E-state index in [2.05, 4.69) is 15.5 Å². The first-order chi connectivity index (χ1) is 16.2. The standard InChI is InChI=1S/C22H26N4O6S2/c1-13-20(12-19(33-13)21-23-14(2)32-25-21)34(28,29)26-9-7-15(8-10-26)22(27)24-17-11-16(30-3)5-6-18(17)31-4/h5-6,11-12,15H,7-10H2,1-4H3,(H,24,27). The minimum Gasteiger partial charge on any atom is -0.497 e. The molecule has 10 nitrogen and oxygen atoms in total. The van der Waals surface area contributed by atoms with E-state index in [9.17, 15) is 13.2 Å². The first-order valence-corrected chi connectivity index (χ1v) is 12.9. The molecule has 1 aliphatic heterocycles. The third-order valence-electron chi connectivity index (χ3n) is 5.73. The summed E-state index contributed by atoms with van der Waals surface area (Å²) in [6.07, 6.45) is 0.828. The second-order valence-electron chi connectivity index (χ2n) is 7.90. The number of piperidine rings is 1. The molecule has 1 aliphatic rings. The fourth-order valence-corrected chi connectivity index (χ4v) is 6.83. The van der Waals surface area contributed by atoms with Gasteiger partial charge in [-0.15, -0.1) is 11.3 Å². The van der Waals surface area contributed by atoms with E-state index >= 15 is 0 Å². The number of carbonyl (C=O) groups excluding carboxylic acids is 1. The van der Waals surface area contributed by atoms with E-state index in [4.69, 9.17) is 14.0 Å². The number of sulfonamides is 1. The first kappa shape index (κ1) is 24.2. The van der Waals surface area contributed by atoms with Gasteiger partial charge < -0.3 is 19.3 Å². The molecule has 0 aliphatic carbocycles. The fraction of sp³-hybridized carbons (Fsp3) is 0.409. The average Bonchev–Trinajstić information content (AvgIpc) is 3.44. The van der Waals surface area contributed by atoms with E-state index in [-0.39, 0.29) is 29.8 Å². The summed E-state index contributed by atoms with van der Waals surface area (Å²) in [5.41, 5.74) is 0.514. The van der Waals surface area contributed by atoms with Crippen LogP contribution in [-0.2, 0) is 14.8 Å². The smallest absolute Gasteiger partial charge is 0.244 e. The Bertz CT molecular complexity index is 1290. The SMILES string of the molecule is COc1ccc(OC)c(NC(=O)C2CCN(S(=O)(=O)c3cc(-c4noc(C)n4)sc3C)CC2)c1. The van der Waals surface area contributed by atoms with Crippen molar-refractivity contribution in [2.24, 2.45) is 5.92 Å². The van der Waals surface area contributed by atoms with E-state index in [1.54, 1.807) is 45.2 Å². The number of rotatable bonds is 7. The maximum Gasteiger partial charge on any atom is 0.244 e. The molecule has 34 heavy (non-hydrogen) atoms. The van der Waals surface area contributed by atoms with Crippen molar-refractivity contribution in [2.45, 2.75) is 31.6 Å². The number of nitrogens with one attached hydrogen (secondary N) is 1. The van der Waals surface area contributed by atoms with Crippen molar-refractivity contribution in [3.63, 3.8) is 0 Å². The second kappa shape index (κ2) is 9.72. The van der Waals surface area contributed by atoms with Gasteiger partial charge in [0.05, 0.1) is 29.7 Å². The molecule has 0 unspecified atom stereocenters. The van der Waals surface area contributed by atoms with Crippen LogP contribution in [0.15, 0.2) is 33.7 Å². The summed E-state index contributed by atoms with van der Waals surface area (Å²) in [7, 11) is -0.639. The Morgan fingerprint density at radius 3 is 2.53 bits per heavy atom. The Kier molecular flexibility index (Phi) is 6.91. The molecule has 0 saturated carbocycles. The van der Waals surface area contributed by atoms with Crippen molar-refractivity contribution < 1.29 is 27.2 Å². The van der Waals surface area contributed by atoms with Gasteiger partial charge in [-0.3, -0.25) is 4.79 Å². The minimum atomic E-state index is -3.71. The van der Waals surface area contributed by atoms with Crippen LogP contribution < -0.4 is 14.8 Å². The Hall–Kier alpha value is -2.96. The van der Waals surface area contributed by atoms with E-state index < -0.39 is 10.0 Å². The summed E-state index contributed by atoms with van der Waals surface area (Å²) in [6.45, 7) is 3.94. The molecule has 3 heterocycles. The van der Waals surface area contributed by atoms with Crippen LogP contribution >= 0.6 is 11.3 Å². The number of ether oxygens (including phenoxy) is 2. The molecule has 1 N–H and O–H groups in total. The van der Waals surface area contributed by atoms with Crippen LogP contribution in [0.5, 0.6) is 11.5 Å². The van der Waals surface area contributed by atoms with Gasteiger partial charge in [0, 0.05) is 36.9 Å². The van der Waals surface area contributed by atoms with Crippen molar-refractivity contribution in [2.75, 3.05) is 32.6 Å². The summed E-state index contributed by atoms with van der Waals surface area (Å²) in [5, 5.41) is 6.77. The van der Waals surface area contributed by atoms with Crippen LogP contribution in [0.3, 0.4) is 0 Å². The van der Waals surface area contributed by atoms with Gasteiger partial charge in [0.15, 0.2) is 0 Å². The van der Waals surface area contributed by atoms with Gasteiger partial charge in [0.1, 0.15) is 11.5 Å². The van der Waals surface area contributed by atoms with Crippen molar-refractivity contribution in [1.82, 2.24) is 14.4 Å². The van der Waals surface area contributed by atoms with Crippen LogP contribution in [-0.4, -0.2) is 56.1 Å². The van der Waals surface area contributed by atoms with Crippen molar-refractivity contribution >= 4 is 33.0 Å². The topological polar surface area (TPSA) is 124 Å². The lowest BCUT2D eigenvalue weighted by Crippen LogP contribution is -2.41. The molecule has 1 saturated heterocycles. The molecular formula is C22H26N4O6S2. The van der Waals surface area contributed by atoms with E-state index in [0.717, 1.165) is 0 Å². The van der Waals surface area contributed by atoms with Crippen LogP contribution in [0.4, 0.5) is 5.69 Å². The molecule has 1 fully saturated rings. The highest BCUT2D eigenvalue weighted by Crippen LogP contribution is 2.35. The molecule has 0 bridgehead atoms. The van der Waals surface area contributed by atoms with Crippen molar-refractivity contribution in [3.05, 3.63) is 35.0 Å². The van der Waals surface area contributed by atoms with Gasteiger partial charge in [-0.2, -0.15) is 9.29 Å². The molecular weight excluding hydrogens is 480 g/mol. The molecule has 4 rings (SSSR count). The predicted octanol–water partition coefficient (Wildman–Crippen LogP) is 3.47. The number of aryl methyl sites for hydroxylation is 2. The van der Waals surface area contributed by atoms with Crippen molar-refractivity contribution in [1.29, 1.82) is 0 Å². The number of anilines is 1. The van der Waals surface area contributed by atoms with E-state index in [1.165, 1.54) is 22.8 Å². The fourth-order valence-electron chi connectivity index (χ4n) is 3.87. The molecule has 0 radical (unpaired) electrons. The highest BCUT2D eigenvalue weighted by molar-refractivity contribution is 7.89. The maximum absolute atomic E-state index is 13.3. The zero-order valence-corrected chi connectivity index (χ0v) is 21.0. The highest BCUT2D eigenvalue weighted by Gasteiger charge is 2.34. The summed E-state index contributed by atoms with van der Waals surface area (Å²) in [6, 6.07) is 6.75. The van der Waals surface area contributed by atoms with Gasteiger partial charge in [0.25, 0.3) is 0 Å². The number of nitrogens with zero attached hydrogens (tertiary/aromatic N) is 3. The monoisotopic (exact) mass is 506 g/mol. The lowest BCUT2D eigenvalue weighted by atomic mass is 9.97. The second-order valence-corrected chi connectivity index (χ2v) is 11.1. The molecule has 1 aromatic carbocycles. The summed E-state index contributed by atoms with van der Waals surface area (Å²) < 4.78 is 43.6. The molecule has 0 spiro atoms. The maximum atomic E-state index is 13.3. The lowest BCUT2D eigenvalue weighted by Gasteiger charge is -2.30. The number of hydrogen-bond acceptors (Lipinski definition) is 9. The Morgan fingerprint density at radius 2 is 1.91 bits per heavy atom. The number of methoxy groups -OCH3 is 2. The zero-order chi connectivity index (χ0) is 24.5. The first-order valence-electron chi connectivity index (χ1n) is 10.7. The molecule has 1 amide bonds. The zero-order valence-electron chi connectivity index (χ0n) is 19.3. The minimum absolute atomic E-state index is 0.176. The normalized spacial score (nSPS) is 15.3. The number of hydrogen-bond donors (Lipinski definition) is 1. The van der Waals surface area contributed by atoms with Gasteiger partial charge in [-0.25, -0.2) is 8.42 Å². The third-order valence-corrected chi connectivity index (χ3v) is 8.93. The van der Waals surface area contributed by atoms with Gasteiger partial charge >= 0.3 is 0 Å². The van der Waals surface area contributed by atoms with Crippen LogP contribution in [0, 0.1) is 19.8 Å². The molecule has 12 heteroatoms. The molecule has 3 aromatic rings. The molecule has 182 valence electrons. The lowest BCUT2D eigenvalue weighted by molar-refractivity contribution is -0.120. The number of amides is 1. The van der Waals surface area contributed by atoms with E-state index in [0.29, 0.717) is 51.5 Å². The summed E-state index contributed by atoms with van der Waals surface area (Å²) >= 11 is 1.31. The van der Waals surface area contributed by atoms with Gasteiger partial charge in [-0.1, -0.05) is 5.16 Å². The number of benzene rings is 1. The van der Waals surface area contributed by atoms with Crippen molar-refractivity contribution in [3.8, 4) is 22.2 Å². The highest BCUT2D eigenvalue weighted by atomic mass is 32.2. The largest absolute Gasteiger partial charge is 0.497 e. The quantitative estimate of drug-likeness (QED) is 0.517. The van der Waals surface area contributed by atoms with E-state index in [1.807, 2.05) is 0 Å². The Labute approximate surface area is 201 Å². The Balaban J connectivity index is 1.43. The van der Waals surface area contributed by atoms with Crippen LogP contribution in [0.1, 0.15) is 23.6 Å². The third kappa shape index (κ3) is 4.79. The predicted molar refractivity (Wildman–Crippen MR) is 127 cm³/mol.